The molecule has 1 aromatic rings. The van der Waals surface area contributed by atoms with Gasteiger partial charge in [-0.2, -0.15) is 5.10 Å². The van der Waals surface area contributed by atoms with E-state index in [1.54, 1.807) is 6.20 Å². The summed E-state index contributed by atoms with van der Waals surface area (Å²) >= 11 is 0. The first-order valence-corrected chi connectivity index (χ1v) is 5.09. The number of nitrogens with zero attached hydrogens (tertiary/aromatic N) is 3. The number of aromatic hydroxyl groups is 1. The molecule has 0 atom stereocenters. The van der Waals surface area contributed by atoms with E-state index in [2.05, 4.69) is 17.0 Å². The van der Waals surface area contributed by atoms with Crippen molar-refractivity contribution < 1.29 is 5.11 Å². The van der Waals surface area contributed by atoms with Crippen molar-refractivity contribution >= 4 is 0 Å². The smallest absolute Gasteiger partial charge is 0.153 e. The lowest BCUT2D eigenvalue weighted by atomic mass is 9.61. The van der Waals surface area contributed by atoms with Gasteiger partial charge in [-0.1, -0.05) is 0 Å². The minimum Gasteiger partial charge on any atom is -0.505 e. The summed E-state index contributed by atoms with van der Waals surface area (Å²) < 4.78 is 1.90. The molecule has 0 unspecified atom stereocenters. The summed E-state index contributed by atoms with van der Waals surface area (Å²) in [6.45, 7) is 2.47. The Labute approximate surface area is 83.1 Å². The minimum atomic E-state index is 0.275. The summed E-state index contributed by atoms with van der Waals surface area (Å²) in [6, 6.07) is 0.518. The summed E-state index contributed by atoms with van der Waals surface area (Å²) in [5.74, 6) is 0.275. The van der Waals surface area contributed by atoms with Gasteiger partial charge in [0.05, 0.1) is 18.4 Å². The summed E-state index contributed by atoms with van der Waals surface area (Å²) in [7, 11) is 2.16. The lowest BCUT2D eigenvalue weighted by Crippen LogP contribution is -2.60. The van der Waals surface area contributed by atoms with Gasteiger partial charge in [0.1, 0.15) is 0 Å². The van der Waals surface area contributed by atoms with Crippen LogP contribution in [0.15, 0.2) is 12.4 Å². The van der Waals surface area contributed by atoms with Crippen LogP contribution in [0.3, 0.4) is 0 Å². The van der Waals surface area contributed by atoms with Crippen molar-refractivity contribution in [2.45, 2.75) is 18.9 Å². The SMILES string of the molecule is CN1CC2(CC(n3cc(O)cn3)C2)C1. The summed E-state index contributed by atoms with van der Waals surface area (Å²) in [5.41, 5.74) is 0.584. The first-order chi connectivity index (χ1) is 6.67. The zero-order valence-electron chi connectivity index (χ0n) is 8.35. The van der Waals surface area contributed by atoms with Crippen molar-refractivity contribution in [2.75, 3.05) is 20.1 Å². The fourth-order valence-corrected chi connectivity index (χ4v) is 3.01. The van der Waals surface area contributed by atoms with E-state index in [0.717, 1.165) is 0 Å². The monoisotopic (exact) mass is 193 g/mol. The molecule has 0 amide bonds. The molecule has 4 nitrogen and oxygen atoms in total. The van der Waals surface area contributed by atoms with Gasteiger partial charge in [-0.25, -0.2) is 0 Å². The van der Waals surface area contributed by atoms with Gasteiger partial charge in [0.15, 0.2) is 5.75 Å². The Kier molecular flexibility index (Phi) is 1.49. The third-order valence-electron chi connectivity index (χ3n) is 3.51. The van der Waals surface area contributed by atoms with Crippen molar-refractivity contribution in [2.24, 2.45) is 5.41 Å². The molecule has 1 N–H and O–H groups in total. The maximum atomic E-state index is 9.17. The zero-order chi connectivity index (χ0) is 9.76. The van der Waals surface area contributed by atoms with Crippen molar-refractivity contribution in [3.63, 3.8) is 0 Å². The standard InChI is InChI=1S/C10H15N3O/c1-12-6-10(7-12)2-8(3-10)13-5-9(14)4-11-13/h4-5,8,14H,2-3,6-7H2,1H3. The first-order valence-electron chi connectivity index (χ1n) is 5.09. The molecule has 0 bridgehead atoms. The van der Waals surface area contributed by atoms with Crippen molar-refractivity contribution in [3.05, 3.63) is 12.4 Å². The average molecular weight is 193 g/mol. The van der Waals surface area contributed by atoms with E-state index in [1.165, 1.54) is 32.1 Å². The lowest BCUT2D eigenvalue weighted by molar-refractivity contribution is -0.0786. The van der Waals surface area contributed by atoms with Crippen LogP contribution in [0.2, 0.25) is 0 Å². The highest BCUT2D eigenvalue weighted by Gasteiger charge is 2.51. The third-order valence-corrected chi connectivity index (χ3v) is 3.51. The molecule has 1 saturated carbocycles. The molecular formula is C10H15N3O. The van der Waals surface area contributed by atoms with Crippen LogP contribution in [0.1, 0.15) is 18.9 Å². The molecular weight excluding hydrogens is 178 g/mol. The Morgan fingerprint density at radius 1 is 1.50 bits per heavy atom. The van der Waals surface area contributed by atoms with E-state index >= 15 is 0 Å². The Balaban J connectivity index is 1.65. The van der Waals surface area contributed by atoms with Gasteiger partial charge in [-0.3, -0.25) is 4.68 Å². The van der Waals surface area contributed by atoms with Gasteiger partial charge in [0.25, 0.3) is 0 Å². The van der Waals surface area contributed by atoms with E-state index < -0.39 is 0 Å². The molecule has 2 fully saturated rings. The van der Waals surface area contributed by atoms with Crippen molar-refractivity contribution in [1.29, 1.82) is 0 Å². The summed E-state index contributed by atoms with van der Waals surface area (Å²) in [4.78, 5) is 2.36. The minimum absolute atomic E-state index is 0.275. The number of aromatic nitrogens is 2. The molecule has 4 heteroatoms. The van der Waals surface area contributed by atoms with Crippen molar-refractivity contribution in [1.82, 2.24) is 14.7 Å². The van der Waals surface area contributed by atoms with Crippen molar-refractivity contribution in [3.8, 4) is 5.75 Å². The molecule has 1 aliphatic carbocycles. The van der Waals surface area contributed by atoms with E-state index in [4.69, 9.17) is 0 Å². The molecule has 3 rings (SSSR count). The highest BCUT2D eigenvalue weighted by molar-refractivity contribution is 5.12. The normalized spacial score (nSPS) is 26.1. The molecule has 1 aliphatic heterocycles. The predicted molar refractivity (Wildman–Crippen MR) is 52.1 cm³/mol. The number of rotatable bonds is 1. The second-order valence-electron chi connectivity index (χ2n) is 4.91. The number of hydrogen-bond acceptors (Lipinski definition) is 3. The van der Waals surface area contributed by atoms with Gasteiger partial charge >= 0.3 is 0 Å². The van der Waals surface area contributed by atoms with Gasteiger partial charge < -0.3 is 10.0 Å². The Morgan fingerprint density at radius 2 is 2.21 bits per heavy atom. The maximum Gasteiger partial charge on any atom is 0.153 e. The predicted octanol–water partition coefficient (Wildman–Crippen LogP) is 0.855. The van der Waals surface area contributed by atoms with E-state index in [-0.39, 0.29) is 5.75 Å². The molecule has 0 radical (unpaired) electrons. The fraction of sp³-hybridized carbons (Fsp3) is 0.700. The Hall–Kier alpha value is -1.03. The Morgan fingerprint density at radius 3 is 2.71 bits per heavy atom. The molecule has 2 heterocycles. The van der Waals surface area contributed by atoms with Gasteiger partial charge in [-0.15, -0.1) is 0 Å². The van der Waals surface area contributed by atoms with Gasteiger partial charge in [-0.05, 0) is 25.3 Å². The number of hydrogen-bond donors (Lipinski definition) is 1. The third kappa shape index (κ3) is 1.07. The van der Waals surface area contributed by atoms with Gasteiger partial charge in [0.2, 0.25) is 0 Å². The Bertz CT molecular complexity index is 346. The first kappa shape index (κ1) is 8.29. The average Bonchev–Trinajstić information content (AvgIpc) is 2.41. The largest absolute Gasteiger partial charge is 0.505 e. The van der Waals surface area contributed by atoms with Crippen LogP contribution in [0.25, 0.3) is 0 Å². The van der Waals surface area contributed by atoms with Crippen LogP contribution in [-0.4, -0.2) is 39.9 Å². The molecule has 0 aromatic carbocycles. The second-order valence-corrected chi connectivity index (χ2v) is 4.91. The van der Waals surface area contributed by atoms with E-state index in [9.17, 15) is 5.11 Å². The van der Waals surface area contributed by atoms with E-state index in [0.29, 0.717) is 11.5 Å². The molecule has 2 aliphatic rings. The molecule has 1 aromatic heterocycles. The molecule has 14 heavy (non-hydrogen) atoms. The van der Waals surface area contributed by atoms with Crippen LogP contribution < -0.4 is 0 Å². The van der Waals surface area contributed by atoms with Crippen LogP contribution in [0.5, 0.6) is 5.75 Å². The van der Waals surface area contributed by atoms with Gasteiger partial charge in [0, 0.05) is 13.1 Å². The second kappa shape index (κ2) is 2.51. The molecule has 76 valence electrons. The lowest BCUT2D eigenvalue weighted by Gasteiger charge is -2.58. The number of likely N-dealkylation sites (tertiary alicyclic amines) is 1. The summed E-state index contributed by atoms with van der Waals surface area (Å²) in [5, 5.41) is 13.3. The fourth-order valence-electron chi connectivity index (χ4n) is 3.01. The van der Waals surface area contributed by atoms with Crippen LogP contribution in [0.4, 0.5) is 0 Å². The highest BCUT2D eigenvalue weighted by Crippen LogP contribution is 2.53. The quantitative estimate of drug-likeness (QED) is 0.719. The summed E-state index contributed by atoms with van der Waals surface area (Å²) in [6.07, 6.45) is 5.68. The molecule has 1 saturated heterocycles. The van der Waals surface area contributed by atoms with E-state index in [1.807, 2.05) is 4.68 Å². The molecule has 1 spiro atoms. The zero-order valence-corrected chi connectivity index (χ0v) is 8.35. The topological polar surface area (TPSA) is 41.3 Å². The van der Waals surface area contributed by atoms with Crippen LogP contribution in [0, 0.1) is 5.41 Å². The maximum absolute atomic E-state index is 9.17. The highest BCUT2D eigenvalue weighted by atomic mass is 16.3. The van der Waals surface area contributed by atoms with Crippen LogP contribution in [-0.2, 0) is 0 Å². The van der Waals surface area contributed by atoms with Crippen LogP contribution >= 0.6 is 0 Å².